The number of fused-ring (bicyclic) bond motifs is 2. The smallest absolute Gasteiger partial charge is 0.451 e. The van der Waals surface area contributed by atoms with Gasteiger partial charge in [0, 0.05) is 61.9 Å². The molecule has 2 aliphatic heterocycles. The monoisotopic (exact) mass is 794 g/mol. The number of piperidine rings is 1. The number of aromatic nitrogens is 5. The summed E-state index contributed by atoms with van der Waals surface area (Å²) < 4.78 is 49.3. The van der Waals surface area contributed by atoms with Crippen molar-refractivity contribution >= 4 is 51.6 Å². The number of likely N-dealkylation sites (tertiary alicyclic amines) is 1. The molecular weight excluding hydrogens is 760 g/mol. The Kier molecular flexibility index (Phi) is 9.16. The van der Waals surface area contributed by atoms with Gasteiger partial charge in [-0.15, -0.1) is 0 Å². The molecule has 2 N–H and O–H groups in total. The molecule has 0 bridgehead atoms. The number of hydrogen-bond donors (Lipinski definition) is 2. The Morgan fingerprint density at radius 1 is 0.945 bits per heavy atom. The maximum Gasteiger partial charge on any atom is 0.451 e. The van der Waals surface area contributed by atoms with E-state index in [1.807, 2.05) is 12.1 Å². The van der Waals surface area contributed by atoms with Gasteiger partial charge in [-0.25, -0.2) is 19.7 Å². The van der Waals surface area contributed by atoms with E-state index in [-0.39, 0.29) is 33.6 Å². The van der Waals surface area contributed by atoms with Gasteiger partial charge in [0.2, 0.25) is 17.6 Å². The Labute approximate surface area is 322 Å². The van der Waals surface area contributed by atoms with Gasteiger partial charge < -0.3 is 15.4 Å². The minimum atomic E-state index is -4.98. The zero-order valence-corrected chi connectivity index (χ0v) is 31.5. The van der Waals surface area contributed by atoms with Crippen molar-refractivity contribution in [3.05, 3.63) is 90.3 Å². The topological polar surface area (TPSA) is 136 Å². The van der Waals surface area contributed by atoms with Crippen molar-refractivity contribution in [2.75, 3.05) is 25.5 Å². The predicted octanol–water partition coefficient (Wildman–Crippen LogP) is 6.57. The molecule has 17 heteroatoms. The van der Waals surface area contributed by atoms with Crippen LogP contribution in [0.1, 0.15) is 55.1 Å². The number of amides is 1. The van der Waals surface area contributed by atoms with Crippen molar-refractivity contribution < 1.29 is 22.7 Å². The third kappa shape index (κ3) is 6.31. The maximum atomic E-state index is 13.9. The lowest BCUT2D eigenvalue weighted by molar-refractivity contribution is -0.144. The summed E-state index contributed by atoms with van der Waals surface area (Å²) in [5.74, 6) is -1.40. The first-order valence-corrected chi connectivity index (χ1v) is 18.5. The highest BCUT2D eigenvalue weighted by Gasteiger charge is 2.45. The Morgan fingerprint density at radius 3 is 2.40 bits per heavy atom. The molecule has 8 rings (SSSR count). The molecule has 2 aromatic carbocycles. The number of hydrogen-bond acceptors (Lipinski definition) is 9. The van der Waals surface area contributed by atoms with Crippen LogP contribution in [-0.4, -0.2) is 60.6 Å². The number of carbonyl (C=O) groups is 1. The molecular formula is C38H35Cl2F3N8O4. The molecule has 0 radical (unpaired) electrons. The third-order valence-electron chi connectivity index (χ3n) is 11.0. The summed E-state index contributed by atoms with van der Waals surface area (Å²) in [5.41, 5.74) is 2.03. The van der Waals surface area contributed by atoms with Crippen molar-refractivity contribution in [2.45, 2.75) is 56.3 Å². The molecule has 5 aromatic rings. The Bertz CT molecular complexity index is 2540. The van der Waals surface area contributed by atoms with E-state index < -0.39 is 34.7 Å². The molecule has 55 heavy (non-hydrogen) atoms. The Hall–Kier alpha value is -4.99. The number of nitrogens with zero attached hydrogens (tertiary/aromatic N) is 6. The molecule has 12 nitrogen and oxygen atoms in total. The van der Waals surface area contributed by atoms with Crippen LogP contribution in [0, 0.1) is 0 Å². The summed E-state index contributed by atoms with van der Waals surface area (Å²) in [6.07, 6.45) is 0.0618. The first kappa shape index (κ1) is 37.0. The lowest BCUT2D eigenvalue weighted by atomic mass is 9.88. The van der Waals surface area contributed by atoms with E-state index >= 15 is 0 Å². The number of anilines is 2. The number of alkyl halides is 3. The quantitative estimate of drug-likeness (QED) is 0.196. The Balaban J connectivity index is 1.15. The summed E-state index contributed by atoms with van der Waals surface area (Å²) in [6.45, 7) is 1.65. The molecule has 0 saturated carbocycles. The number of halogens is 5. The van der Waals surface area contributed by atoms with E-state index in [2.05, 4.69) is 25.5 Å². The van der Waals surface area contributed by atoms with Crippen LogP contribution in [0.3, 0.4) is 0 Å². The fourth-order valence-corrected chi connectivity index (χ4v) is 8.90. The van der Waals surface area contributed by atoms with Crippen molar-refractivity contribution in [2.24, 2.45) is 14.1 Å². The van der Waals surface area contributed by atoms with Crippen LogP contribution in [0.2, 0.25) is 10.0 Å². The normalized spacial score (nSPS) is 19.9. The molecule has 286 valence electrons. The zero-order chi connectivity index (χ0) is 39.0. The average molecular weight is 796 g/mol. The second-order valence-electron chi connectivity index (χ2n) is 14.3. The summed E-state index contributed by atoms with van der Waals surface area (Å²) in [7, 11) is 4.02. The van der Waals surface area contributed by atoms with Gasteiger partial charge in [-0.2, -0.15) is 13.2 Å². The zero-order valence-electron chi connectivity index (χ0n) is 30.0. The van der Waals surface area contributed by atoms with Crippen LogP contribution in [0.4, 0.5) is 24.7 Å². The third-order valence-corrected chi connectivity index (χ3v) is 11.8. The average Bonchev–Trinajstić information content (AvgIpc) is 3.77. The first-order valence-electron chi connectivity index (χ1n) is 17.7. The van der Waals surface area contributed by atoms with Crippen LogP contribution in [0.25, 0.3) is 33.4 Å². The fourth-order valence-electron chi connectivity index (χ4n) is 8.30. The minimum absolute atomic E-state index is 0.0865. The number of rotatable bonds is 6. The lowest BCUT2D eigenvalue weighted by Crippen LogP contribution is -2.53. The summed E-state index contributed by atoms with van der Waals surface area (Å²) in [4.78, 5) is 52.6. The highest BCUT2D eigenvalue weighted by molar-refractivity contribution is 6.39. The van der Waals surface area contributed by atoms with Gasteiger partial charge in [-0.3, -0.25) is 23.6 Å². The van der Waals surface area contributed by atoms with Gasteiger partial charge in [0.1, 0.15) is 11.2 Å². The van der Waals surface area contributed by atoms with Crippen molar-refractivity contribution in [1.29, 1.82) is 0 Å². The van der Waals surface area contributed by atoms with E-state index in [9.17, 15) is 27.6 Å². The summed E-state index contributed by atoms with van der Waals surface area (Å²) in [6, 6.07) is 12.4. The molecule has 2 saturated heterocycles. The summed E-state index contributed by atoms with van der Waals surface area (Å²) >= 11 is 14.1. The summed E-state index contributed by atoms with van der Waals surface area (Å²) in [5, 5.41) is 6.16. The molecule has 3 aliphatic rings. The van der Waals surface area contributed by atoms with E-state index in [0.29, 0.717) is 39.7 Å². The van der Waals surface area contributed by atoms with Crippen LogP contribution in [0.5, 0.6) is 5.88 Å². The number of ether oxygens (including phenoxy) is 1. The number of methoxy groups -OCH3 is 1. The SMILES string of the molecule is COc1nc(-c2cccc(-c3cccc(Nc4nc(C(F)(F)F)nc5c4c(=O)n(C)c(=O)n5C)c3Cl)c2Cl)cc2c1[C@@H](N1CC[C@]3(CCCC(=O)N3)C1)CC2. The maximum absolute atomic E-state index is 13.9. The van der Waals surface area contributed by atoms with Gasteiger partial charge in [-0.1, -0.05) is 53.5 Å². The number of benzene rings is 2. The first-order chi connectivity index (χ1) is 26.2. The number of nitrogens with one attached hydrogen (secondary N) is 2. The second kappa shape index (κ2) is 13.6. The molecule has 5 heterocycles. The standard InChI is InChI=1S/C38H35Cl2F3N8O4/c1-49-32-28(34(53)50(2)36(49)54)31(46-35(47-32)38(41,42)43)44-23-10-5-8-21(30(23)40)20-7-4-9-22(29(20)39)24-17-19-12-13-25(27(19)33(45-24)55-3)51-16-15-37(18-51)14-6-11-26(52)48-37/h4-5,7-10,17,25H,6,11-16,18H2,1-3H3,(H,48,52)(H,44,46,47)/t25-,37+/m0/s1. The molecule has 2 fully saturated rings. The largest absolute Gasteiger partial charge is 0.481 e. The molecule has 3 aromatic heterocycles. The van der Waals surface area contributed by atoms with Crippen molar-refractivity contribution in [3.8, 4) is 28.3 Å². The van der Waals surface area contributed by atoms with E-state index in [1.165, 1.54) is 20.2 Å². The van der Waals surface area contributed by atoms with Crippen LogP contribution < -0.4 is 26.6 Å². The second-order valence-corrected chi connectivity index (χ2v) is 15.1. The lowest BCUT2D eigenvalue weighted by Gasteiger charge is -2.35. The number of carbonyl (C=O) groups excluding carboxylic acids is 1. The fraction of sp³-hybridized carbons (Fsp3) is 0.368. The Morgan fingerprint density at radius 2 is 1.67 bits per heavy atom. The molecule has 1 spiro atoms. The molecule has 1 aliphatic carbocycles. The predicted molar refractivity (Wildman–Crippen MR) is 202 cm³/mol. The highest BCUT2D eigenvalue weighted by atomic mass is 35.5. The van der Waals surface area contributed by atoms with Crippen LogP contribution in [-0.2, 0) is 31.5 Å². The highest BCUT2D eigenvalue weighted by Crippen LogP contribution is 2.47. The van der Waals surface area contributed by atoms with Gasteiger partial charge in [0.25, 0.3) is 5.56 Å². The van der Waals surface area contributed by atoms with Gasteiger partial charge in [0.15, 0.2) is 5.65 Å². The van der Waals surface area contributed by atoms with Crippen LogP contribution >= 0.6 is 23.2 Å². The van der Waals surface area contributed by atoms with E-state index in [4.69, 9.17) is 32.9 Å². The van der Waals surface area contributed by atoms with Gasteiger partial charge in [-0.05, 0) is 49.8 Å². The van der Waals surface area contributed by atoms with E-state index in [0.717, 1.165) is 65.5 Å². The molecule has 0 unspecified atom stereocenters. The minimum Gasteiger partial charge on any atom is -0.481 e. The molecule has 2 atom stereocenters. The number of pyridine rings is 1. The van der Waals surface area contributed by atoms with Gasteiger partial charge >= 0.3 is 11.9 Å². The molecule has 1 amide bonds. The van der Waals surface area contributed by atoms with E-state index in [1.54, 1.807) is 31.4 Å². The van der Waals surface area contributed by atoms with Gasteiger partial charge in [0.05, 0.1) is 34.1 Å². The number of aryl methyl sites for hydroxylation is 2. The van der Waals surface area contributed by atoms with Crippen molar-refractivity contribution in [3.63, 3.8) is 0 Å². The van der Waals surface area contributed by atoms with Crippen LogP contribution in [0.15, 0.2) is 52.1 Å². The van der Waals surface area contributed by atoms with Crippen molar-refractivity contribution in [1.82, 2.24) is 34.3 Å².